The summed E-state index contributed by atoms with van der Waals surface area (Å²) in [6.07, 6.45) is 4.35. The Hall–Kier alpha value is -3.62. The van der Waals surface area contributed by atoms with Crippen molar-refractivity contribution in [2.24, 2.45) is 5.92 Å². The molecular weight excluding hydrogens is 464 g/mol. The molecule has 0 saturated heterocycles. The van der Waals surface area contributed by atoms with Gasteiger partial charge >= 0.3 is 11.6 Å². The molecule has 1 aromatic carbocycles. The van der Waals surface area contributed by atoms with Crippen LogP contribution in [0.2, 0.25) is 0 Å². The number of carboxylic acids is 1. The summed E-state index contributed by atoms with van der Waals surface area (Å²) in [4.78, 5) is 49.0. The number of carbonyl (C=O) groups is 3. The maximum Gasteiger partial charge on any atom is 0.340 e. The van der Waals surface area contributed by atoms with Crippen molar-refractivity contribution >= 4 is 39.7 Å². The first kappa shape index (κ1) is 25.5. The average molecular weight is 497 g/mol. The Bertz CT molecular complexity index is 1420. The first-order valence-corrected chi connectivity index (χ1v) is 12.4. The molecule has 2 heterocycles. The van der Waals surface area contributed by atoms with E-state index in [1.54, 1.807) is 13.8 Å². The highest BCUT2D eigenvalue weighted by atomic mass is 16.4. The van der Waals surface area contributed by atoms with E-state index in [0.29, 0.717) is 17.6 Å². The molecule has 9 heteroatoms. The summed E-state index contributed by atoms with van der Waals surface area (Å²) >= 11 is 0. The maximum absolute atomic E-state index is 12.8. The Morgan fingerprint density at radius 1 is 1.03 bits per heavy atom. The lowest BCUT2D eigenvalue weighted by Gasteiger charge is -2.20. The van der Waals surface area contributed by atoms with Gasteiger partial charge in [0.15, 0.2) is 0 Å². The maximum atomic E-state index is 12.8. The highest BCUT2D eigenvalue weighted by Crippen LogP contribution is 2.37. The number of aliphatic carboxylic acids is 1. The van der Waals surface area contributed by atoms with Crippen LogP contribution < -0.4 is 16.3 Å². The molecule has 4 rings (SSSR count). The van der Waals surface area contributed by atoms with Crippen LogP contribution in [0.4, 0.5) is 0 Å². The number of fused-ring (bicyclic) bond motifs is 4. The monoisotopic (exact) mass is 496 g/mol. The van der Waals surface area contributed by atoms with Crippen molar-refractivity contribution < 1.29 is 28.3 Å². The van der Waals surface area contributed by atoms with Gasteiger partial charge in [-0.2, -0.15) is 0 Å². The van der Waals surface area contributed by atoms with Gasteiger partial charge in [-0.25, -0.2) is 9.59 Å². The van der Waals surface area contributed by atoms with Crippen LogP contribution in [0.5, 0.6) is 0 Å². The Morgan fingerprint density at radius 2 is 1.72 bits per heavy atom. The zero-order chi connectivity index (χ0) is 26.1. The van der Waals surface area contributed by atoms with Crippen LogP contribution in [-0.4, -0.2) is 35.5 Å². The fraction of sp³-hybridized carbons (Fsp3) is 0.481. The fourth-order valence-corrected chi connectivity index (χ4v) is 4.93. The summed E-state index contributed by atoms with van der Waals surface area (Å²) in [7, 11) is 0. The van der Waals surface area contributed by atoms with Crippen molar-refractivity contribution in [3.63, 3.8) is 0 Å². The molecule has 1 aliphatic rings. The van der Waals surface area contributed by atoms with Crippen LogP contribution in [0.15, 0.2) is 19.7 Å². The van der Waals surface area contributed by atoms with E-state index in [9.17, 15) is 24.3 Å². The van der Waals surface area contributed by atoms with E-state index in [-0.39, 0.29) is 17.9 Å². The molecule has 0 radical (unpaired) electrons. The third-order valence-corrected chi connectivity index (χ3v) is 7.30. The Balaban J connectivity index is 1.55. The number of hydrogen-bond acceptors (Lipinski definition) is 6. The summed E-state index contributed by atoms with van der Waals surface area (Å²) in [5, 5.41) is 16.0. The van der Waals surface area contributed by atoms with E-state index in [1.807, 2.05) is 19.9 Å². The van der Waals surface area contributed by atoms with Gasteiger partial charge in [0.1, 0.15) is 23.0 Å². The van der Waals surface area contributed by atoms with Crippen molar-refractivity contribution in [1.82, 2.24) is 10.6 Å². The van der Waals surface area contributed by atoms with Crippen LogP contribution in [0.3, 0.4) is 0 Å². The second kappa shape index (κ2) is 10.2. The SMILES string of the molecule is CC[C@@H](C)[C@H](NC(=O)CNC(=O)Cc1c(C)c2cc3c4c(oc3c(C)c2oc1=O)CCCC4)C(=O)O. The number of rotatable bonds is 8. The summed E-state index contributed by atoms with van der Waals surface area (Å²) in [6, 6.07) is 0.947. The van der Waals surface area contributed by atoms with Crippen molar-refractivity contribution in [2.45, 2.75) is 72.3 Å². The Kier molecular flexibility index (Phi) is 7.19. The van der Waals surface area contributed by atoms with Gasteiger partial charge in [-0.15, -0.1) is 0 Å². The molecule has 0 aliphatic heterocycles. The molecule has 3 N–H and O–H groups in total. The van der Waals surface area contributed by atoms with Gasteiger partial charge in [-0.05, 0) is 50.7 Å². The molecule has 2 aromatic heterocycles. The largest absolute Gasteiger partial charge is 0.480 e. The lowest BCUT2D eigenvalue weighted by molar-refractivity contribution is -0.143. The number of benzene rings is 1. The van der Waals surface area contributed by atoms with E-state index >= 15 is 0 Å². The summed E-state index contributed by atoms with van der Waals surface area (Å²) < 4.78 is 11.8. The molecule has 1 aliphatic carbocycles. The van der Waals surface area contributed by atoms with E-state index in [2.05, 4.69) is 10.6 Å². The van der Waals surface area contributed by atoms with Gasteiger partial charge in [0.25, 0.3) is 0 Å². The number of hydrogen-bond donors (Lipinski definition) is 3. The zero-order valence-corrected chi connectivity index (χ0v) is 21.1. The fourth-order valence-electron chi connectivity index (χ4n) is 4.93. The molecular formula is C27H32N2O7. The van der Waals surface area contributed by atoms with Gasteiger partial charge in [0.05, 0.1) is 18.5 Å². The van der Waals surface area contributed by atoms with Gasteiger partial charge in [-0.1, -0.05) is 20.3 Å². The number of aryl methyl sites for hydroxylation is 4. The standard InChI is InChI=1S/C27H32N2O7/c1-5-13(2)23(26(32)33)29-22(31)12-28-21(30)11-18-14(3)17-10-19-16-8-6-7-9-20(16)35-25(19)15(4)24(17)36-27(18)34/h10,13,23H,5-9,11-12H2,1-4H3,(H,28,30)(H,29,31)(H,32,33)/t13-,23+/m1/s1. The van der Waals surface area contributed by atoms with Crippen LogP contribution in [0.25, 0.3) is 21.9 Å². The Labute approximate surface area is 208 Å². The predicted molar refractivity (Wildman–Crippen MR) is 134 cm³/mol. The molecule has 0 bridgehead atoms. The normalized spacial score (nSPS) is 14.9. The lowest BCUT2D eigenvalue weighted by atomic mass is 9.93. The van der Waals surface area contributed by atoms with Gasteiger partial charge in [0, 0.05) is 28.3 Å². The molecule has 36 heavy (non-hydrogen) atoms. The first-order chi connectivity index (χ1) is 17.1. The van der Waals surface area contributed by atoms with Crippen molar-refractivity contribution in [1.29, 1.82) is 0 Å². The second-order valence-corrected chi connectivity index (χ2v) is 9.68. The van der Waals surface area contributed by atoms with Crippen LogP contribution in [0.1, 0.15) is 61.1 Å². The third kappa shape index (κ3) is 4.74. The molecule has 192 valence electrons. The van der Waals surface area contributed by atoms with Crippen molar-refractivity contribution in [2.75, 3.05) is 6.54 Å². The molecule has 9 nitrogen and oxygen atoms in total. The highest BCUT2D eigenvalue weighted by Gasteiger charge is 2.26. The molecule has 2 atom stereocenters. The number of amides is 2. The molecule has 3 aromatic rings. The molecule has 0 fully saturated rings. The number of furan rings is 1. The smallest absolute Gasteiger partial charge is 0.340 e. The number of carbonyl (C=O) groups excluding carboxylic acids is 2. The van der Waals surface area contributed by atoms with E-state index in [1.165, 1.54) is 5.56 Å². The summed E-state index contributed by atoms with van der Waals surface area (Å²) in [6.45, 7) is 6.83. The molecule has 0 saturated carbocycles. The van der Waals surface area contributed by atoms with Gasteiger partial charge < -0.3 is 24.6 Å². The minimum Gasteiger partial charge on any atom is -0.480 e. The summed E-state index contributed by atoms with van der Waals surface area (Å²) in [5.74, 6) is -1.54. The zero-order valence-electron chi connectivity index (χ0n) is 21.1. The minimum absolute atomic E-state index is 0.222. The van der Waals surface area contributed by atoms with E-state index in [0.717, 1.165) is 53.4 Å². The number of carboxylic acid groups (broad SMARTS) is 1. The topological polar surface area (TPSA) is 139 Å². The summed E-state index contributed by atoms with van der Waals surface area (Å²) in [5.41, 5.74) is 3.42. The Morgan fingerprint density at radius 3 is 2.42 bits per heavy atom. The lowest BCUT2D eigenvalue weighted by Crippen LogP contribution is -2.48. The van der Waals surface area contributed by atoms with Gasteiger partial charge in [0.2, 0.25) is 11.8 Å². The first-order valence-electron chi connectivity index (χ1n) is 12.4. The van der Waals surface area contributed by atoms with Crippen LogP contribution in [-0.2, 0) is 33.6 Å². The molecule has 0 unspecified atom stereocenters. The van der Waals surface area contributed by atoms with E-state index < -0.39 is 36.0 Å². The van der Waals surface area contributed by atoms with Crippen LogP contribution >= 0.6 is 0 Å². The third-order valence-electron chi connectivity index (χ3n) is 7.30. The molecule has 2 amide bonds. The highest BCUT2D eigenvalue weighted by molar-refractivity contribution is 6.00. The van der Waals surface area contributed by atoms with Gasteiger partial charge in [-0.3, -0.25) is 9.59 Å². The average Bonchev–Trinajstić information content (AvgIpc) is 3.23. The quantitative estimate of drug-likeness (QED) is 0.407. The predicted octanol–water partition coefficient (Wildman–Crippen LogP) is 3.31. The van der Waals surface area contributed by atoms with E-state index in [4.69, 9.17) is 8.83 Å². The van der Waals surface area contributed by atoms with Crippen molar-refractivity contribution in [3.05, 3.63) is 44.5 Å². The minimum atomic E-state index is -1.13. The second-order valence-electron chi connectivity index (χ2n) is 9.68. The van der Waals surface area contributed by atoms with Crippen molar-refractivity contribution in [3.8, 4) is 0 Å². The van der Waals surface area contributed by atoms with Crippen LogP contribution in [0, 0.1) is 19.8 Å². The molecule has 0 spiro atoms. The number of nitrogens with one attached hydrogen (secondary N) is 2.